The minimum absolute atomic E-state index is 0.0113. The van der Waals surface area contributed by atoms with Crippen LogP contribution >= 0.6 is 0 Å². The summed E-state index contributed by atoms with van der Waals surface area (Å²) in [4.78, 5) is 24.8. The van der Waals surface area contributed by atoms with Crippen LogP contribution in [0, 0.1) is 0 Å². The monoisotopic (exact) mass is 301 g/mol. The quantitative estimate of drug-likeness (QED) is 0.597. The molecule has 0 aliphatic carbocycles. The van der Waals surface area contributed by atoms with E-state index in [1.54, 1.807) is 0 Å². The molecule has 0 spiro atoms. The van der Waals surface area contributed by atoms with Crippen LogP contribution in [-0.4, -0.2) is 80.2 Å². The number of nitrogens with one attached hydrogen (secondary N) is 2. The summed E-state index contributed by atoms with van der Waals surface area (Å²) in [6.45, 7) is 3.00. The molecule has 0 aromatic heterocycles. The van der Waals surface area contributed by atoms with Gasteiger partial charge in [0.15, 0.2) is 6.10 Å². The van der Waals surface area contributed by atoms with Crippen molar-refractivity contribution in [2.75, 3.05) is 39.9 Å². The SMILES string of the molecule is COC(CNC(=O)NCC1CN2CCCC2CO1)C(=O)O. The number of carboxylic acids is 1. The molecule has 3 unspecified atom stereocenters. The lowest BCUT2D eigenvalue weighted by molar-refractivity contribution is -0.147. The van der Waals surface area contributed by atoms with E-state index in [0.29, 0.717) is 12.6 Å². The normalized spacial score (nSPS) is 26.9. The number of nitrogens with zero attached hydrogens (tertiary/aromatic N) is 1. The average Bonchev–Trinajstić information content (AvgIpc) is 2.92. The molecule has 0 aromatic carbocycles. The van der Waals surface area contributed by atoms with Crippen molar-refractivity contribution in [1.29, 1.82) is 0 Å². The maximum absolute atomic E-state index is 11.6. The van der Waals surface area contributed by atoms with E-state index in [-0.39, 0.29) is 12.6 Å². The van der Waals surface area contributed by atoms with Crippen molar-refractivity contribution in [3.8, 4) is 0 Å². The zero-order valence-corrected chi connectivity index (χ0v) is 12.2. The highest BCUT2D eigenvalue weighted by atomic mass is 16.5. The molecule has 8 nitrogen and oxygen atoms in total. The Kier molecular flexibility index (Phi) is 5.77. The molecular weight excluding hydrogens is 278 g/mol. The van der Waals surface area contributed by atoms with Crippen molar-refractivity contribution >= 4 is 12.0 Å². The van der Waals surface area contributed by atoms with Gasteiger partial charge in [-0.25, -0.2) is 9.59 Å². The van der Waals surface area contributed by atoms with Gasteiger partial charge in [0, 0.05) is 26.2 Å². The summed E-state index contributed by atoms with van der Waals surface area (Å²) in [5, 5.41) is 14.0. The van der Waals surface area contributed by atoms with Crippen LogP contribution in [0.5, 0.6) is 0 Å². The molecule has 3 N–H and O–H groups in total. The van der Waals surface area contributed by atoms with Crippen LogP contribution in [0.4, 0.5) is 4.79 Å². The lowest BCUT2D eigenvalue weighted by Crippen LogP contribution is -2.51. The van der Waals surface area contributed by atoms with E-state index in [4.69, 9.17) is 14.6 Å². The van der Waals surface area contributed by atoms with Crippen molar-refractivity contribution in [1.82, 2.24) is 15.5 Å². The number of carbonyl (C=O) groups excluding carboxylic acids is 1. The zero-order valence-electron chi connectivity index (χ0n) is 12.2. The topological polar surface area (TPSA) is 100 Å². The first kappa shape index (κ1) is 16.0. The Morgan fingerprint density at radius 3 is 3.00 bits per heavy atom. The van der Waals surface area contributed by atoms with Crippen LogP contribution in [-0.2, 0) is 14.3 Å². The van der Waals surface area contributed by atoms with Crippen molar-refractivity contribution in [2.45, 2.75) is 31.1 Å². The molecule has 8 heteroatoms. The predicted molar refractivity (Wildman–Crippen MR) is 74.2 cm³/mol. The van der Waals surface area contributed by atoms with Gasteiger partial charge in [-0.05, 0) is 19.4 Å². The first-order chi connectivity index (χ1) is 10.1. The summed E-state index contributed by atoms with van der Waals surface area (Å²) < 4.78 is 10.5. The Hall–Kier alpha value is -1.38. The summed E-state index contributed by atoms with van der Waals surface area (Å²) in [5.74, 6) is -1.10. The van der Waals surface area contributed by atoms with E-state index >= 15 is 0 Å². The fraction of sp³-hybridized carbons (Fsp3) is 0.846. The van der Waals surface area contributed by atoms with Gasteiger partial charge in [-0.3, -0.25) is 4.90 Å². The minimum atomic E-state index is -1.10. The number of ether oxygens (including phenoxy) is 2. The molecule has 2 saturated heterocycles. The zero-order chi connectivity index (χ0) is 15.2. The largest absolute Gasteiger partial charge is 0.479 e. The van der Waals surface area contributed by atoms with Crippen LogP contribution < -0.4 is 10.6 Å². The number of fused-ring (bicyclic) bond motifs is 1. The molecule has 0 radical (unpaired) electrons. The number of amides is 2. The molecule has 2 amide bonds. The lowest BCUT2D eigenvalue weighted by Gasteiger charge is -2.35. The van der Waals surface area contributed by atoms with E-state index in [1.807, 2.05) is 0 Å². The molecule has 2 rings (SSSR count). The number of aliphatic carboxylic acids is 1. The number of methoxy groups -OCH3 is 1. The van der Waals surface area contributed by atoms with Crippen LogP contribution in [0.3, 0.4) is 0 Å². The minimum Gasteiger partial charge on any atom is -0.479 e. The molecule has 0 aromatic rings. The maximum Gasteiger partial charge on any atom is 0.334 e. The third kappa shape index (κ3) is 4.55. The van der Waals surface area contributed by atoms with Crippen molar-refractivity contribution in [3.63, 3.8) is 0 Å². The maximum atomic E-state index is 11.6. The van der Waals surface area contributed by atoms with Gasteiger partial charge in [-0.15, -0.1) is 0 Å². The number of rotatable bonds is 6. The van der Waals surface area contributed by atoms with Gasteiger partial charge in [0.05, 0.1) is 19.3 Å². The summed E-state index contributed by atoms with van der Waals surface area (Å²) in [7, 11) is 1.29. The number of carbonyl (C=O) groups is 2. The highest BCUT2D eigenvalue weighted by molar-refractivity contribution is 5.76. The first-order valence-electron chi connectivity index (χ1n) is 7.23. The molecular formula is C13H23N3O5. The Labute approximate surface area is 123 Å². The van der Waals surface area contributed by atoms with Gasteiger partial charge in [-0.1, -0.05) is 0 Å². The van der Waals surface area contributed by atoms with Crippen LogP contribution in [0.15, 0.2) is 0 Å². The van der Waals surface area contributed by atoms with Crippen molar-refractivity contribution in [3.05, 3.63) is 0 Å². The van der Waals surface area contributed by atoms with Gasteiger partial charge in [0.2, 0.25) is 0 Å². The van der Waals surface area contributed by atoms with E-state index in [9.17, 15) is 9.59 Å². The standard InChI is InChI=1S/C13H23N3O5/c1-20-11(12(17)18)6-15-13(19)14-5-10-7-16-4-2-3-9(16)8-21-10/h9-11H,2-8H2,1H3,(H,17,18)(H2,14,15,19). The van der Waals surface area contributed by atoms with Gasteiger partial charge in [0.25, 0.3) is 0 Å². The van der Waals surface area contributed by atoms with Gasteiger partial charge in [-0.2, -0.15) is 0 Å². The molecule has 0 saturated carbocycles. The van der Waals surface area contributed by atoms with Crippen LogP contribution in [0.25, 0.3) is 0 Å². The number of morpholine rings is 1. The molecule has 3 atom stereocenters. The summed E-state index contributed by atoms with van der Waals surface area (Å²) in [5.41, 5.74) is 0. The fourth-order valence-electron chi connectivity index (χ4n) is 2.74. The second-order valence-electron chi connectivity index (χ2n) is 5.40. The molecule has 21 heavy (non-hydrogen) atoms. The second kappa shape index (κ2) is 7.58. The molecule has 0 bridgehead atoms. The summed E-state index contributed by atoms with van der Waals surface area (Å²) >= 11 is 0. The van der Waals surface area contributed by atoms with Gasteiger partial charge < -0.3 is 25.2 Å². The van der Waals surface area contributed by atoms with Gasteiger partial charge in [0.1, 0.15) is 0 Å². The molecule has 2 heterocycles. The summed E-state index contributed by atoms with van der Waals surface area (Å²) in [6.07, 6.45) is 1.35. The Bertz CT molecular complexity index is 379. The van der Waals surface area contributed by atoms with E-state index in [0.717, 1.165) is 19.7 Å². The second-order valence-corrected chi connectivity index (χ2v) is 5.40. The molecule has 120 valence electrons. The molecule has 2 aliphatic rings. The highest BCUT2D eigenvalue weighted by Gasteiger charge is 2.32. The Morgan fingerprint density at radius 1 is 1.48 bits per heavy atom. The molecule has 2 fully saturated rings. The van der Waals surface area contributed by atoms with Crippen LogP contribution in [0.2, 0.25) is 0 Å². The number of hydrogen-bond acceptors (Lipinski definition) is 5. The smallest absolute Gasteiger partial charge is 0.334 e. The van der Waals surface area contributed by atoms with Crippen LogP contribution in [0.1, 0.15) is 12.8 Å². The number of hydrogen-bond donors (Lipinski definition) is 3. The first-order valence-corrected chi connectivity index (χ1v) is 7.23. The van der Waals surface area contributed by atoms with Gasteiger partial charge >= 0.3 is 12.0 Å². The highest BCUT2D eigenvalue weighted by Crippen LogP contribution is 2.22. The number of urea groups is 1. The van der Waals surface area contributed by atoms with E-state index in [1.165, 1.54) is 20.0 Å². The van der Waals surface area contributed by atoms with E-state index in [2.05, 4.69) is 15.5 Å². The third-order valence-electron chi connectivity index (χ3n) is 3.96. The van der Waals surface area contributed by atoms with E-state index < -0.39 is 18.1 Å². The Balaban J connectivity index is 1.63. The number of carboxylic acid groups (broad SMARTS) is 1. The third-order valence-corrected chi connectivity index (χ3v) is 3.96. The summed E-state index contributed by atoms with van der Waals surface area (Å²) in [6, 6.07) is 0.124. The molecule has 2 aliphatic heterocycles. The predicted octanol–water partition coefficient (Wildman–Crippen LogP) is -0.752. The Morgan fingerprint density at radius 2 is 2.29 bits per heavy atom. The lowest BCUT2D eigenvalue weighted by atomic mass is 10.2. The van der Waals surface area contributed by atoms with Crippen molar-refractivity contribution in [2.24, 2.45) is 0 Å². The van der Waals surface area contributed by atoms with Crippen molar-refractivity contribution < 1.29 is 24.2 Å². The average molecular weight is 301 g/mol. The fourth-order valence-corrected chi connectivity index (χ4v) is 2.74.